The Bertz CT molecular complexity index is 1010. The van der Waals surface area contributed by atoms with Crippen LogP contribution in [0.25, 0.3) is 11.0 Å². The second kappa shape index (κ2) is 6.95. The molecule has 2 heterocycles. The Balaban J connectivity index is 1.72. The fourth-order valence-corrected chi connectivity index (χ4v) is 4.97. The van der Waals surface area contributed by atoms with Crippen molar-refractivity contribution in [1.82, 2.24) is 4.90 Å². The highest BCUT2D eigenvalue weighted by Gasteiger charge is 2.35. The summed E-state index contributed by atoms with van der Waals surface area (Å²) >= 11 is 0. The van der Waals surface area contributed by atoms with E-state index in [4.69, 9.17) is 9.15 Å². The largest absolute Gasteiger partial charge is 0.449 e. The molecule has 0 spiro atoms. The number of aryl methyl sites for hydroxylation is 1. The number of carbonyl (C=O) groups excluding carboxylic acids is 2. The highest BCUT2D eigenvalue weighted by atomic mass is 32.2. The molecular weight excluding hydrogens is 377 g/mol. The number of hydrogen-bond donors (Lipinski definition) is 0. The average Bonchev–Trinajstić information content (AvgIpc) is 3.13. The number of likely N-dealkylation sites (N-methyl/N-ethyl adjacent to an activating group) is 1. The summed E-state index contributed by atoms with van der Waals surface area (Å²) in [4.78, 5) is 26.2. The third kappa shape index (κ3) is 3.83. The first-order chi connectivity index (χ1) is 12.6. The minimum Gasteiger partial charge on any atom is -0.449 e. The molecule has 9 heteroatoms. The number of benzene rings is 1. The lowest BCUT2D eigenvalue weighted by Crippen LogP contribution is -2.44. The highest BCUT2D eigenvalue weighted by Crippen LogP contribution is 2.27. The van der Waals surface area contributed by atoms with Gasteiger partial charge in [0.05, 0.1) is 11.5 Å². The van der Waals surface area contributed by atoms with Crippen LogP contribution in [0.4, 0.5) is 4.39 Å². The van der Waals surface area contributed by atoms with Crippen LogP contribution in [0.5, 0.6) is 0 Å². The van der Waals surface area contributed by atoms with Crippen molar-refractivity contribution in [2.75, 3.05) is 18.6 Å². The van der Waals surface area contributed by atoms with Crippen LogP contribution < -0.4 is 0 Å². The number of nitrogens with zero attached hydrogens (tertiary/aromatic N) is 1. The van der Waals surface area contributed by atoms with Crippen molar-refractivity contribution in [2.24, 2.45) is 0 Å². The second-order valence-corrected chi connectivity index (χ2v) is 8.98. The number of hydrogen-bond acceptors (Lipinski definition) is 6. The molecule has 2 atom stereocenters. The van der Waals surface area contributed by atoms with Crippen LogP contribution in [0, 0.1) is 12.7 Å². The maximum Gasteiger partial charge on any atom is 0.375 e. The first-order valence-corrected chi connectivity index (χ1v) is 10.3. The topological polar surface area (TPSA) is 93.9 Å². The van der Waals surface area contributed by atoms with E-state index in [2.05, 4.69) is 0 Å². The van der Waals surface area contributed by atoms with E-state index in [9.17, 15) is 22.4 Å². The molecule has 27 heavy (non-hydrogen) atoms. The summed E-state index contributed by atoms with van der Waals surface area (Å²) < 4.78 is 47.2. The Morgan fingerprint density at radius 2 is 2.07 bits per heavy atom. The number of rotatable bonds is 4. The van der Waals surface area contributed by atoms with Crippen molar-refractivity contribution in [3.8, 4) is 0 Å². The normalized spacial score (nSPS) is 19.8. The van der Waals surface area contributed by atoms with E-state index in [0.717, 1.165) is 0 Å². The molecule has 0 bridgehead atoms. The molecule has 1 aromatic heterocycles. The number of sulfone groups is 1. The third-order valence-corrected chi connectivity index (χ3v) is 6.57. The van der Waals surface area contributed by atoms with Crippen LogP contribution in [0.3, 0.4) is 0 Å². The lowest BCUT2D eigenvalue weighted by Gasteiger charge is -2.26. The molecule has 7 nitrogen and oxygen atoms in total. The van der Waals surface area contributed by atoms with E-state index in [1.54, 1.807) is 6.92 Å². The van der Waals surface area contributed by atoms with E-state index in [1.165, 1.54) is 37.1 Å². The number of carbonyl (C=O) groups is 2. The van der Waals surface area contributed by atoms with Gasteiger partial charge in [-0.2, -0.15) is 0 Å². The summed E-state index contributed by atoms with van der Waals surface area (Å²) in [5.41, 5.74) is 0.762. The van der Waals surface area contributed by atoms with E-state index in [-0.39, 0.29) is 17.3 Å². The Labute approximate surface area is 156 Å². The molecule has 1 aromatic carbocycles. The number of ether oxygens (including phenoxy) is 1. The minimum atomic E-state index is -3.14. The van der Waals surface area contributed by atoms with Gasteiger partial charge in [0.2, 0.25) is 5.76 Å². The third-order valence-electron chi connectivity index (χ3n) is 4.82. The van der Waals surface area contributed by atoms with Crippen molar-refractivity contribution in [3.05, 3.63) is 35.3 Å². The molecule has 1 amide bonds. The maximum atomic E-state index is 13.4. The van der Waals surface area contributed by atoms with Crippen LogP contribution in [-0.2, 0) is 19.4 Å². The van der Waals surface area contributed by atoms with Gasteiger partial charge < -0.3 is 14.1 Å². The molecule has 1 aliphatic heterocycles. The summed E-state index contributed by atoms with van der Waals surface area (Å²) in [6, 6.07) is 3.46. The van der Waals surface area contributed by atoms with Crippen LogP contribution >= 0.6 is 0 Å². The molecule has 146 valence electrons. The van der Waals surface area contributed by atoms with Crippen LogP contribution in [0.1, 0.15) is 29.5 Å². The number of furan rings is 1. The molecule has 2 aromatic rings. The lowest BCUT2D eigenvalue weighted by molar-refractivity contribution is -0.140. The van der Waals surface area contributed by atoms with Crippen LogP contribution in [0.15, 0.2) is 22.6 Å². The predicted molar refractivity (Wildman–Crippen MR) is 95.6 cm³/mol. The lowest BCUT2D eigenvalue weighted by atomic mass is 10.1. The van der Waals surface area contributed by atoms with Gasteiger partial charge in [-0.15, -0.1) is 0 Å². The quantitative estimate of drug-likeness (QED) is 0.733. The Morgan fingerprint density at radius 3 is 2.70 bits per heavy atom. The van der Waals surface area contributed by atoms with Crippen molar-refractivity contribution >= 4 is 32.7 Å². The SMILES string of the molecule is Cc1c(C(=O)OC(C)C(=O)N(C)C2CCS(=O)(=O)C2)oc2ccc(F)cc12. The summed E-state index contributed by atoms with van der Waals surface area (Å²) in [6.45, 7) is 3.02. The Kier molecular flexibility index (Phi) is 4.98. The molecule has 0 N–H and O–H groups in total. The van der Waals surface area contributed by atoms with Gasteiger partial charge in [0.25, 0.3) is 5.91 Å². The summed E-state index contributed by atoms with van der Waals surface area (Å²) in [6.07, 6.45) is -0.755. The van der Waals surface area contributed by atoms with E-state index < -0.39 is 39.7 Å². The average molecular weight is 397 g/mol. The summed E-state index contributed by atoms with van der Waals surface area (Å²) in [5.74, 6) is -1.94. The van der Waals surface area contributed by atoms with E-state index in [1.807, 2.05) is 0 Å². The molecule has 1 fully saturated rings. The molecule has 0 radical (unpaired) electrons. The number of esters is 1. The second-order valence-electron chi connectivity index (χ2n) is 6.75. The number of halogens is 1. The zero-order chi connectivity index (χ0) is 19.9. The minimum absolute atomic E-state index is 0.0399. The maximum absolute atomic E-state index is 13.4. The smallest absolute Gasteiger partial charge is 0.375 e. The van der Waals surface area contributed by atoms with Gasteiger partial charge in [0, 0.05) is 24.0 Å². The molecule has 3 rings (SSSR count). The molecular formula is C18H20FNO6S. The van der Waals surface area contributed by atoms with Gasteiger partial charge in [-0.3, -0.25) is 4.79 Å². The molecule has 1 saturated heterocycles. The monoisotopic (exact) mass is 397 g/mol. The van der Waals surface area contributed by atoms with Gasteiger partial charge in [-0.05, 0) is 38.5 Å². The number of amides is 1. The molecule has 0 saturated carbocycles. The number of fused-ring (bicyclic) bond motifs is 1. The van der Waals surface area contributed by atoms with Crippen molar-refractivity contribution in [1.29, 1.82) is 0 Å². The summed E-state index contributed by atoms with van der Waals surface area (Å²) in [7, 11) is -1.64. The Morgan fingerprint density at radius 1 is 1.37 bits per heavy atom. The first kappa shape index (κ1) is 19.3. The fraction of sp³-hybridized carbons (Fsp3) is 0.444. The van der Waals surface area contributed by atoms with Crippen LogP contribution in [0.2, 0.25) is 0 Å². The van der Waals surface area contributed by atoms with Gasteiger partial charge in [0.15, 0.2) is 15.9 Å². The van der Waals surface area contributed by atoms with Crippen molar-refractivity contribution < 1.29 is 31.6 Å². The van der Waals surface area contributed by atoms with Gasteiger partial charge in [0.1, 0.15) is 11.4 Å². The Hall–Kier alpha value is -2.42. The van der Waals surface area contributed by atoms with E-state index in [0.29, 0.717) is 23.0 Å². The highest BCUT2D eigenvalue weighted by molar-refractivity contribution is 7.91. The first-order valence-electron chi connectivity index (χ1n) is 8.46. The van der Waals surface area contributed by atoms with Gasteiger partial charge in [-0.1, -0.05) is 0 Å². The zero-order valence-corrected chi connectivity index (χ0v) is 16.0. The summed E-state index contributed by atoms with van der Waals surface area (Å²) in [5, 5.41) is 0.453. The zero-order valence-electron chi connectivity index (χ0n) is 15.2. The predicted octanol–water partition coefficient (Wildman–Crippen LogP) is 2.07. The molecule has 2 unspecified atom stereocenters. The fourth-order valence-electron chi connectivity index (χ4n) is 3.20. The molecule has 0 aliphatic carbocycles. The van der Waals surface area contributed by atoms with E-state index >= 15 is 0 Å². The molecule has 1 aliphatic rings. The van der Waals surface area contributed by atoms with Gasteiger partial charge >= 0.3 is 5.97 Å². The van der Waals surface area contributed by atoms with Crippen molar-refractivity contribution in [2.45, 2.75) is 32.4 Å². The van der Waals surface area contributed by atoms with Crippen molar-refractivity contribution in [3.63, 3.8) is 0 Å². The van der Waals surface area contributed by atoms with Crippen LogP contribution in [-0.4, -0.2) is 55.9 Å². The van der Waals surface area contributed by atoms with Gasteiger partial charge in [-0.25, -0.2) is 17.6 Å². The standard InChI is InChI=1S/C18H20FNO6S/c1-10-14-8-12(19)4-5-15(14)26-16(10)18(22)25-11(2)17(21)20(3)13-6-7-27(23,24)9-13/h4-5,8,11,13H,6-7,9H2,1-3H3.